The van der Waals surface area contributed by atoms with Crippen molar-refractivity contribution in [1.29, 1.82) is 0 Å². The highest BCUT2D eigenvalue weighted by Gasteiger charge is 2.30. The first-order valence-electron chi connectivity index (χ1n) is 9.94. The molecule has 1 aliphatic rings. The van der Waals surface area contributed by atoms with E-state index in [4.69, 9.17) is 9.47 Å². The number of hydrogen-bond acceptors (Lipinski definition) is 5. The van der Waals surface area contributed by atoms with Gasteiger partial charge in [-0.15, -0.1) is 0 Å². The average Bonchev–Trinajstić information content (AvgIpc) is 2.72. The van der Waals surface area contributed by atoms with Crippen LogP contribution in [-0.4, -0.2) is 38.6 Å². The number of para-hydroxylation sites is 2. The van der Waals surface area contributed by atoms with Crippen LogP contribution in [0.2, 0.25) is 0 Å². The number of urea groups is 1. The van der Waals surface area contributed by atoms with Gasteiger partial charge in [0, 0.05) is 24.2 Å². The van der Waals surface area contributed by atoms with Crippen molar-refractivity contribution in [3.63, 3.8) is 0 Å². The fourth-order valence-electron chi connectivity index (χ4n) is 3.46. The molecule has 4 amide bonds. The smallest absolute Gasteiger partial charge is 0.328 e. The molecule has 8 nitrogen and oxygen atoms in total. The molecule has 0 radical (unpaired) electrons. The summed E-state index contributed by atoms with van der Waals surface area (Å²) >= 11 is 0. The fraction of sp³-hybridized carbons (Fsp3) is 0.348. The highest BCUT2D eigenvalue weighted by molar-refractivity contribution is 6.10. The van der Waals surface area contributed by atoms with E-state index >= 15 is 0 Å². The zero-order chi connectivity index (χ0) is 22.8. The molecule has 2 aromatic rings. The number of rotatable bonds is 5. The summed E-state index contributed by atoms with van der Waals surface area (Å²) in [6.45, 7) is 6.22. The number of anilines is 2. The van der Waals surface area contributed by atoms with Gasteiger partial charge in [0.15, 0.2) is 0 Å². The Morgan fingerprint density at radius 1 is 1.10 bits per heavy atom. The van der Waals surface area contributed by atoms with Crippen LogP contribution in [0.25, 0.3) is 0 Å². The summed E-state index contributed by atoms with van der Waals surface area (Å²) in [5.41, 5.74) is 1.70. The predicted octanol–water partition coefficient (Wildman–Crippen LogP) is 3.70. The highest BCUT2D eigenvalue weighted by atomic mass is 16.5. The van der Waals surface area contributed by atoms with E-state index in [1.54, 1.807) is 24.3 Å². The summed E-state index contributed by atoms with van der Waals surface area (Å²) in [6.07, 6.45) is 0.186. The molecule has 1 fully saturated rings. The van der Waals surface area contributed by atoms with Crippen LogP contribution in [0.4, 0.5) is 16.2 Å². The molecule has 164 valence electrons. The van der Waals surface area contributed by atoms with Crippen molar-refractivity contribution in [3.8, 4) is 11.5 Å². The maximum absolute atomic E-state index is 13.3. The van der Waals surface area contributed by atoms with Gasteiger partial charge in [-0.25, -0.2) is 4.79 Å². The minimum Gasteiger partial charge on any atom is -0.496 e. The van der Waals surface area contributed by atoms with E-state index < -0.39 is 11.9 Å². The second-order valence-corrected chi connectivity index (χ2v) is 8.23. The molecule has 31 heavy (non-hydrogen) atoms. The monoisotopic (exact) mass is 425 g/mol. The molecular formula is C23H27N3O5. The van der Waals surface area contributed by atoms with Gasteiger partial charge in [-0.2, -0.15) is 0 Å². The highest BCUT2D eigenvalue weighted by Crippen LogP contribution is 2.39. The number of amides is 4. The molecule has 0 atom stereocenters. The number of methoxy groups -OCH3 is 2. The van der Waals surface area contributed by atoms with Gasteiger partial charge in [0.05, 0.1) is 25.5 Å². The van der Waals surface area contributed by atoms with Crippen LogP contribution in [0.3, 0.4) is 0 Å². The Labute approximate surface area is 181 Å². The van der Waals surface area contributed by atoms with Gasteiger partial charge in [0.25, 0.3) is 5.91 Å². The van der Waals surface area contributed by atoms with E-state index in [1.165, 1.54) is 19.1 Å². The molecule has 3 rings (SSSR count). The molecule has 2 aromatic carbocycles. The van der Waals surface area contributed by atoms with Gasteiger partial charge in [0.2, 0.25) is 5.91 Å². The van der Waals surface area contributed by atoms with Crippen LogP contribution >= 0.6 is 0 Å². The van der Waals surface area contributed by atoms with Crippen LogP contribution in [0.15, 0.2) is 36.4 Å². The van der Waals surface area contributed by atoms with Crippen molar-refractivity contribution in [2.24, 2.45) is 0 Å². The zero-order valence-electron chi connectivity index (χ0n) is 18.4. The first-order valence-corrected chi connectivity index (χ1v) is 9.94. The largest absolute Gasteiger partial charge is 0.496 e. The number of carbonyl (C=O) groups excluding carboxylic acids is 3. The molecule has 0 bridgehead atoms. The first-order chi connectivity index (χ1) is 14.7. The minimum absolute atomic E-state index is 0.186. The van der Waals surface area contributed by atoms with Crippen LogP contribution in [0.5, 0.6) is 11.5 Å². The Morgan fingerprint density at radius 2 is 1.81 bits per heavy atom. The van der Waals surface area contributed by atoms with E-state index in [2.05, 4.69) is 10.6 Å². The fourth-order valence-corrected chi connectivity index (χ4v) is 3.46. The normalized spacial score (nSPS) is 14.2. The molecule has 0 aliphatic carbocycles. The van der Waals surface area contributed by atoms with Gasteiger partial charge in [-0.3, -0.25) is 19.8 Å². The van der Waals surface area contributed by atoms with Gasteiger partial charge < -0.3 is 14.8 Å². The van der Waals surface area contributed by atoms with Gasteiger partial charge in [-0.05, 0) is 29.7 Å². The number of ether oxygens (including phenoxy) is 2. The van der Waals surface area contributed by atoms with Crippen LogP contribution in [0.1, 0.15) is 43.1 Å². The lowest BCUT2D eigenvalue weighted by atomic mass is 9.84. The number of hydrogen-bond donors (Lipinski definition) is 2. The lowest BCUT2D eigenvalue weighted by molar-refractivity contribution is -0.120. The molecule has 1 aliphatic heterocycles. The Kier molecular flexibility index (Phi) is 6.19. The Bertz CT molecular complexity index is 1030. The van der Waals surface area contributed by atoms with Crippen molar-refractivity contribution in [2.45, 2.75) is 32.6 Å². The third-order valence-corrected chi connectivity index (χ3v) is 5.05. The maximum Gasteiger partial charge on any atom is 0.328 e. The second-order valence-electron chi connectivity index (χ2n) is 8.23. The number of imide groups is 1. The van der Waals surface area contributed by atoms with Gasteiger partial charge >= 0.3 is 6.03 Å². The van der Waals surface area contributed by atoms with Crippen LogP contribution in [0, 0.1) is 0 Å². The van der Waals surface area contributed by atoms with Gasteiger partial charge in [0.1, 0.15) is 11.5 Å². The maximum atomic E-state index is 13.3. The molecular weight excluding hydrogens is 398 g/mol. The molecule has 2 N–H and O–H groups in total. The lowest BCUT2D eigenvalue weighted by Gasteiger charge is -2.30. The summed E-state index contributed by atoms with van der Waals surface area (Å²) in [5, 5.41) is 5.18. The first kappa shape index (κ1) is 22.1. The molecule has 0 saturated carbocycles. The summed E-state index contributed by atoms with van der Waals surface area (Å²) in [6, 6.07) is 10.0. The van der Waals surface area contributed by atoms with Crippen molar-refractivity contribution >= 4 is 29.2 Å². The molecule has 8 heteroatoms. The van der Waals surface area contributed by atoms with E-state index in [-0.39, 0.29) is 29.9 Å². The quantitative estimate of drug-likeness (QED) is 0.761. The molecule has 0 unspecified atom stereocenters. The Morgan fingerprint density at radius 3 is 2.42 bits per heavy atom. The van der Waals surface area contributed by atoms with Crippen molar-refractivity contribution in [1.82, 2.24) is 5.32 Å². The Balaban J connectivity index is 2.10. The van der Waals surface area contributed by atoms with E-state index in [1.807, 2.05) is 32.9 Å². The van der Waals surface area contributed by atoms with Crippen LogP contribution < -0.4 is 25.0 Å². The predicted molar refractivity (Wildman–Crippen MR) is 118 cm³/mol. The molecule has 1 saturated heterocycles. The number of carbonyl (C=O) groups is 3. The number of nitrogens with one attached hydrogen (secondary N) is 2. The topological polar surface area (TPSA) is 97.0 Å². The van der Waals surface area contributed by atoms with E-state index in [0.29, 0.717) is 22.9 Å². The van der Waals surface area contributed by atoms with E-state index in [0.717, 1.165) is 5.56 Å². The summed E-state index contributed by atoms with van der Waals surface area (Å²) in [5.74, 6) is 0.232. The zero-order valence-corrected chi connectivity index (χ0v) is 18.4. The number of nitrogens with zero attached hydrogens (tertiary/aromatic N) is 1. The SMILES string of the molecule is COc1ccccc1NC(=O)c1cc(N2CCC(=O)NC2=O)cc(C(C)(C)C)c1OC. The molecule has 1 heterocycles. The third kappa shape index (κ3) is 4.63. The molecule has 0 spiro atoms. The van der Waals surface area contributed by atoms with Crippen LogP contribution in [-0.2, 0) is 10.2 Å². The second kappa shape index (κ2) is 8.67. The van der Waals surface area contributed by atoms with Crippen molar-refractivity contribution < 1.29 is 23.9 Å². The number of benzene rings is 2. The summed E-state index contributed by atoms with van der Waals surface area (Å²) in [4.78, 5) is 38.7. The standard InChI is InChI=1S/C23H27N3O5/c1-23(2,3)16-13-14(26-11-10-19(27)25-22(26)29)12-15(20(16)31-5)21(28)24-17-8-6-7-9-18(17)30-4/h6-9,12-13H,10-11H2,1-5H3,(H,24,28)(H,25,27,29). The van der Waals surface area contributed by atoms with E-state index in [9.17, 15) is 14.4 Å². The van der Waals surface area contributed by atoms with Crippen molar-refractivity contribution in [3.05, 3.63) is 47.5 Å². The molecule has 0 aromatic heterocycles. The summed E-state index contributed by atoms with van der Waals surface area (Å²) < 4.78 is 11.0. The third-order valence-electron chi connectivity index (χ3n) is 5.05. The lowest BCUT2D eigenvalue weighted by Crippen LogP contribution is -2.49. The average molecular weight is 425 g/mol. The van der Waals surface area contributed by atoms with Gasteiger partial charge in [-0.1, -0.05) is 32.9 Å². The summed E-state index contributed by atoms with van der Waals surface area (Å²) in [7, 11) is 3.04. The Hall–Kier alpha value is -3.55. The minimum atomic E-state index is -0.516. The van der Waals surface area contributed by atoms with Crippen molar-refractivity contribution in [2.75, 3.05) is 31.0 Å².